The Hall–Kier alpha value is -3.79. The van der Waals surface area contributed by atoms with Gasteiger partial charge in [0, 0.05) is 47.1 Å². The molecule has 10 heteroatoms. The molecule has 5 heterocycles. The van der Waals surface area contributed by atoms with Crippen molar-refractivity contribution in [3.05, 3.63) is 60.6 Å². The first kappa shape index (κ1) is 22.7. The van der Waals surface area contributed by atoms with E-state index < -0.39 is 9.84 Å². The Labute approximate surface area is 208 Å². The van der Waals surface area contributed by atoms with Crippen LogP contribution in [0.15, 0.2) is 59.8 Å². The number of benzene rings is 1. The molecule has 4 aromatic rings. The molecule has 0 saturated carbocycles. The van der Waals surface area contributed by atoms with Gasteiger partial charge in [-0.2, -0.15) is 9.61 Å². The van der Waals surface area contributed by atoms with Gasteiger partial charge >= 0.3 is 0 Å². The van der Waals surface area contributed by atoms with E-state index in [4.69, 9.17) is 10.7 Å². The number of fused-ring (bicyclic) bond motifs is 3. The Morgan fingerprint density at radius 3 is 2.33 bits per heavy atom. The summed E-state index contributed by atoms with van der Waals surface area (Å²) >= 11 is 0. The van der Waals surface area contributed by atoms with Gasteiger partial charge < -0.3 is 10.6 Å². The maximum Gasteiger partial charge on any atom is 0.210 e. The van der Waals surface area contributed by atoms with Crippen molar-refractivity contribution in [2.75, 3.05) is 12.0 Å². The first-order valence-electron chi connectivity index (χ1n) is 12.0. The number of anilines is 1. The molecule has 0 radical (unpaired) electrons. The minimum absolute atomic E-state index is 0.0335. The second kappa shape index (κ2) is 8.41. The third-order valence-corrected chi connectivity index (χ3v) is 8.64. The number of rotatable bonds is 5. The van der Waals surface area contributed by atoms with E-state index in [9.17, 15) is 13.2 Å². The molecule has 0 spiro atoms. The molecule has 2 aliphatic heterocycles. The summed E-state index contributed by atoms with van der Waals surface area (Å²) in [6, 6.07) is 14.0. The van der Waals surface area contributed by atoms with Crippen molar-refractivity contribution in [3.63, 3.8) is 0 Å². The van der Waals surface area contributed by atoms with Crippen LogP contribution in [0.4, 0.5) is 5.82 Å². The van der Waals surface area contributed by atoms with Gasteiger partial charge in [-0.3, -0.25) is 9.78 Å². The summed E-state index contributed by atoms with van der Waals surface area (Å²) in [5.41, 5.74) is 10.8. The molecule has 3 atom stereocenters. The lowest BCUT2D eigenvalue weighted by molar-refractivity contribution is -0.122. The Kier molecular flexibility index (Phi) is 5.29. The summed E-state index contributed by atoms with van der Waals surface area (Å²) < 4.78 is 27.1. The molecule has 0 unspecified atom stereocenters. The fraction of sp³-hybridized carbons (Fsp3) is 0.308. The molecular weight excluding hydrogens is 476 g/mol. The van der Waals surface area contributed by atoms with Gasteiger partial charge in [-0.1, -0.05) is 36.4 Å². The molecule has 2 bridgehead atoms. The number of nitrogens with zero attached hydrogens (tertiary/aromatic N) is 5. The van der Waals surface area contributed by atoms with Crippen LogP contribution in [0, 0.1) is 0 Å². The van der Waals surface area contributed by atoms with Gasteiger partial charge in [0.25, 0.3) is 0 Å². The summed E-state index contributed by atoms with van der Waals surface area (Å²) in [7, 11) is -3.67. The van der Waals surface area contributed by atoms with Crippen LogP contribution >= 0.6 is 0 Å². The molecule has 184 valence electrons. The lowest BCUT2D eigenvalue weighted by atomic mass is 9.88. The summed E-state index contributed by atoms with van der Waals surface area (Å²) in [5, 5.41) is 4.39. The van der Waals surface area contributed by atoms with E-state index in [1.165, 1.54) is 4.52 Å². The van der Waals surface area contributed by atoms with Gasteiger partial charge in [0.2, 0.25) is 6.41 Å². The molecule has 0 aliphatic carbocycles. The van der Waals surface area contributed by atoms with Crippen LogP contribution in [-0.4, -0.2) is 57.6 Å². The third-order valence-electron chi connectivity index (χ3n) is 7.48. The maximum atomic E-state index is 12.9. The molecule has 3 aromatic heterocycles. The monoisotopic (exact) mass is 502 g/mol. The third kappa shape index (κ3) is 3.63. The number of piperidine rings is 1. The second-order valence-electron chi connectivity index (χ2n) is 9.68. The van der Waals surface area contributed by atoms with Crippen LogP contribution in [-0.2, 0) is 14.6 Å². The highest BCUT2D eigenvalue weighted by atomic mass is 32.2. The van der Waals surface area contributed by atoms with Crippen LogP contribution in [0.5, 0.6) is 0 Å². The number of aromatic nitrogens is 4. The number of hydrogen-bond donors (Lipinski definition) is 1. The second-order valence-corrected chi connectivity index (χ2v) is 11.6. The Bertz CT molecular complexity index is 1550. The highest BCUT2D eigenvalue weighted by molar-refractivity contribution is 7.91. The molecular formula is C26H26N6O3S. The van der Waals surface area contributed by atoms with Gasteiger partial charge in [-0.15, -0.1) is 0 Å². The van der Waals surface area contributed by atoms with Gasteiger partial charge in [-0.05, 0) is 31.7 Å². The molecule has 6 rings (SSSR count). The smallest absolute Gasteiger partial charge is 0.210 e. The predicted molar refractivity (Wildman–Crippen MR) is 136 cm³/mol. The van der Waals surface area contributed by atoms with E-state index in [0.29, 0.717) is 24.2 Å². The van der Waals surface area contributed by atoms with Gasteiger partial charge in [0.1, 0.15) is 10.7 Å². The number of nitrogen functional groups attached to an aromatic ring is 1. The number of hydrogen-bond acceptors (Lipinski definition) is 7. The van der Waals surface area contributed by atoms with Crippen LogP contribution in [0.3, 0.4) is 0 Å². The summed E-state index contributed by atoms with van der Waals surface area (Å²) in [6.07, 6.45) is 8.65. The number of sulfone groups is 1. The van der Waals surface area contributed by atoms with Crippen molar-refractivity contribution < 1.29 is 13.2 Å². The highest BCUT2D eigenvalue weighted by Gasteiger charge is 2.42. The minimum atomic E-state index is -3.67. The Morgan fingerprint density at radius 1 is 1.00 bits per heavy atom. The van der Waals surface area contributed by atoms with Crippen LogP contribution < -0.4 is 5.73 Å². The summed E-state index contributed by atoms with van der Waals surface area (Å²) in [4.78, 5) is 23.0. The lowest BCUT2D eigenvalue weighted by Crippen LogP contribution is -2.41. The van der Waals surface area contributed by atoms with E-state index in [1.54, 1.807) is 12.4 Å². The number of carbonyl (C=O) groups excluding carboxylic acids is 1. The first-order chi connectivity index (χ1) is 17.3. The van der Waals surface area contributed by atoms with Crippen molar-refractivity contribution >= 4 is 27.7 Å². The first-order valence-corrected chi connectivity index (χ1v) is 13.9. The number of pyridine rings is 1. The van der Waals surface area contributed by atoms with Crippen molar-refractivity contribution in [2.24, 2.45) is 0 Å². The van der Waals surface area contributed by atoms with Crippen LogP contribution in [0.25, 0.3) is 28.0 Å². The van der Waals surface area contributed by atoms with Gasteiger partial charge in [-0.25, -0.2) is 13.4 Å². The van der Waals surface area contributed by atoms with Crippen molar-refractivity contribution in [3.8, 4) is 22.4 Å². The van der Waals surface area contributed by atoms with Crippen LogP contribution in [0.1, 0.15) is 37.3 Å². The van der Waals surface area contributed by atoms with Gasteiger partial charge in [0.15, 0.2) is 15.5 Å². The molecule has 36 heavy (non-hydrogen) atoms. The lowest BCUT2D eigenvalue weighted by Gasteiger charge is -2.36. The summed E-state index contributed by atoms with van der Waals surface area (Å²) in [5.74, 6) is -0.0557. The van der Waals surface area contributed by atoms with E-state index >= 15 is 0 Å². The zero-order valence-electron chi connectivity index (χ0n) is 19.8. The molecule has 1 aromatic carbocycles. The van der Waals surface area contributed by atoms with E-state index in [-0.39, 0.29) is 28.7 Å². The Morgan fingerprint density at radius 2 is 1.72 bits per heavy atom. The van der Waals surface area contributed by atoms with E-state index in [1.807, 2.05) is 47.4 Å². The van der Waals surface area contributed by atoms with Gasteiger partial charge in [0.05, 0.1) is 17.6 Å². The maximum absolute atomic E-state index is 12.9. The predicted octanol–water partition coefficient (Wildman–Crippen LogP) is 3.31. The minimum Gasteiger partial charge on any atom is -0.382 e. The molecule has 1 amide bonds. The van der Waals surface area contributed by atoms with Crippen molar-refractivity contribution in [2.45, 2.75) is 48.6 Å². The average molecular weight is 503 g/mol. The normalized spacial score (nSPS) is 21.7. The average Bonchev–Trinajstić information content (AvgIpc) is 3.41. The van der Waals surface area contributed by atoms with E-state index in [2.05, 4.69) is 10.1 Å². The van der Waals surface area contributed by atoms with Crippen molar-refractivity contribution in [1.29, 1.82) is 0 Å². The largest absolute Gasteiger partial charge is 0.382 e. The highest BCUT2D eigenvalue weighted by Crippen LogP contribution is 2.44. The molecule has 2 saturated heterocycles. The molecule has 2 fully saturated rings. The topological polar surface area (TPSA) is 124 Å². The standard InChI is InChI=1S/C26H26N6O3S/c1-36(34,35)24-23(18-11-19-8-9-20(12-18)31(19)15-33)30-26-21(14-29-32(26)25(24)27)17-7-10-22(28-13-17)16-5-3-2-4-6-16/h2-7,10,13-15,18-20H,8-9,11-12,27H2,1H3/t18-,19+,20-. The number of amides is 1. The molecule has 9 nitrogen and oxygen atoms in total. The number of nitrogens with two attached hydrogens (primary N) is 1. The van der Waals surface area contributed by atoms with E-state index in [0.717, 1.165) is 47.9 Å². The fourth-order valence-corrected chi connectivity index (χ4v) is 6.88. The SMILES string of the molecule is CS(=O)(=O)c1c([C@H]2C[C@H]3CC[C@@H](C2)N3C=O)nc2c(-c3ccc(-c4ccccc4)nc3)cnn2c1N. The zero-order valence-corrected chi connectivity index (χ0v) is 20.6. The summed E-state index contributed by atoms with van der Waals surface area (Å²) in [6.45, 7) is 0. The molecule has 2 aliphatic rings. The Balaban J connectivity index is 1.46. The van der Waals surface area contributed by atoms with Crippen molar-refractivity contribution in [1.82, 2.24) is 24.5 Å². The fourth-order valence-electron chi connectivity index (χ4n) is 5.82. The molecule has 2 N–H and O–H groups in total. The quantitative estimate of drug-likeness (QED) is 0.415. The van der Waals surface area contributed by atoms with Crippen LogP contribution in [0.2, 0.25) is 0 Å². The number of carbonyl (C=O) groups is 1. The zero-order chi connectivity index (χ0) is 25.0.